The summed E-state index contributed by atoms with van der Waals surface area (Å²) in [4.78, 5) is 21.0. The van der Waals surface area contributed by atoms with E-state index in [-0.39, 0.29) is 24.8 Å². The first-order valence-corrected chi connectivity index (χ1v) is 9.12. The zero-order chi connectivity index (χ0) is 17.0. The van der Waals surface area contributed by atoms with E-state index in [0.29, 0.717) is 11.6 Å². The van der Waals surface area contributed by atoms with E-state index in [2.05, 4.69) is 22.2 Å². The standard InChI is InChI=1S/C13H21N5O4S/c1-2-3-4-15-10-7-11(17-13(14)16-10)18-5-6-23(21,22)9(8-18)12(19)20/h7,9H,2-6,8H2,1H3,(H,19,20)(H3,14,15,16,17). The molecule has 10 heteroatoms. The van der Waals surface area contributed by atoms with Crippen molar-refractivity contribution < 1.29 is 18.3 Å². The number of hydrogen-bond acceptors (Lipinski definition) is 8. The fourth-order valence-corrected chi connectivity index (χ4v) is 3.80. The van der Waals surface area contributed by atoms with Crippen LogP contribution >= 0.6 is 0 Å². The highest BCUT2D eigenvalue weighted by molar-refractivity contribution is 7.92. The predicted octanol–water partition coefficient (Wildman–Crippen LogP) is -0.0412. The molecule has 23 heavy (non-hydrogen) atoms. The van der Waals surface area contributed by atoms with Crippen LogP contribution in [0, 0.1) is 0 Å². The second-order valence-corrected chi connectivity index (χ2v) is 7.69. The number of unbranched alkanes of at least 4 members (excludes halogenated alkanes) is 1. The Balaban J connectivity index is 2.19. The molecule has 0 spiro atoms. The van der Waals surface area contributed by atoms with Crippen molar-refractivity contribution in [3.05, 3.63) is 6.07 Å². The number of carbonyl (C=O) groups is 1. The Labute approximate surface area is 134 Å². The molecule has 0 aliphatic carbocycles. The quantitative estimate of drug-likeness (QED) is 0.607. The van der Waals surface area contributed by atoms with Gasteiger partial charge in [-0.2, -0.15) is 9.97 Å². The van der Waals surface area contributed by atoms with Crippen LogP contribution in [-0.4, -0.2) is 60.1 Å². The van der Waals surface area contributed by atoms with Crippen LogP contribution in [0.5, 0.6) is 0 Å². The zero-order valence-corrected chi connectivity index (χ0v) is 13.7. The summed E-state index contributed by atoms with van der Waals surface area (Å²) < 4.78 is 23.7. The van der Waals surface area contributed by atoms with E-state index in [1.54, 1.807) is 11.0 Å². The lowest BCUT2D eigenvalue weighted by molar-refractivity contribution is -0.136. The van der Waals surface area contributed by atoms with Crippen LogP contribution in [0.4, 0.5) is 17.6 Å². The second kappa shape index (κ2) is 6.99. The number of aromatic nitrogens is 2. The maximum atomic E-state index is 11.8. The fraction of sp³-hybridized carbons (Fsp3) is 0.615. The van der Waals surface area contributed by atoms with E-state index in [1.807, 2.05) is 0 Å². The molecule has 1 aromatic rings. The Morgan fingerprint density at radius 3 is 2.91 bits per heavy atom. The highest BCUT2D eigenvalue weighted by atomic mass is 32.2. The molecular formula is C13H21N5O4S. The number of nitrogens with two attached hydrogens (primary N) is 1. The number of carboxylic acids is 1. The van der Waals surface area contributed by atoms with Crippen molar-refractivity contribution >= 4 is 33.4 Å². The van der Waals surface area contributed by atoms with Crippen LogP contribution in [0.15, 0.2) is 6.07 Å². The number of hydrogen-bond donors (Lipinski definition) is 3. The number of sulfone groups is 1. The van der Waals surface area contributed by atoms with Crippen LogP contribution in [0.3, 0.4) is 0 Å². The molecule has 1 unspecified atom stereocenters. The minimum absolute atomic E-state index is 0.0572. The number of carboxylic acid groups (broad SMARTS) is 1. The second-order valence-electron chi connectivity index (χ2n) is 5.39. The molecule has 0 bridgehead atoms. The molecule has 128 valence electrons. The van der Waals surface area contributed by atoms with Gasteiger partial charge in [0, 0.05) is 25.7 Å². The van der Waals surface area contributed by atoms with Gasteiger partial charge in [0.1, 0.15) is 11.6 Å². The lowest BCUT2D eigenvalue weighted by Crippen LogP contribution is -2.50. The summed E-state index contributed by atoms with van der Waals surface area (Å²) in [6.07, 6.45) is 2.01. The molecule has 0 radical (unpaired) electrons. The molecule has 1 fully saturated rings. The normalized spacial score (nSPS) is 20.2. The molecule has 2 heterocycles. The average Bonchev–Trinajstić information content (AvgIpc) is 2.46. The Bertz CT molecular complexity index is 679. The van der Waals surface area contributed by atoms with Gasteiger partial charge in [-0.05, 0) is 6.42 Å². The minimum Gasteiger partial charge on any atom is -0.480 e. The van der Waals surface area contributed by atoms with Gasteiger partial charge in [0.15, 0.2) is 15.1 Å². The maximum Gasteiger partial charge on any atom is 0.323 e. The van der Waals surface area contributed by atoms with Gasteiger partial charge >= 0.3 is 5.97 Å². The van der Waals surface area contributed by atoms with Crippen LogP contribution < -0.4 is 16.0 Å². The highest BCUT2D eigenvalue weighted by Gasteiger charge is 2.38. The van der Waals surface area contributed by atoms with Crippen molar-refractivity contribution in [1.82, 2.24) is 9.97 Å². The van der Waals surface area contributed by atoms with E-state index in [1.165, 1.54) is 0 Å². The number of nitrogens with zero attached hydrogens (tertiary/aromatic N) is 3. The molecule has 1 atom stereocenters. The van der Waals surface area contributed by atoms with Gasteiger partial charge in [0.2, 0.25) is 5.95 Å². The van der Waals surface area contributed by atoms with Gasteiger partial charge in [-0.1, -0.05) is 13.3 Å². The predicted molar refractivity (Wildman–Crippen MR) is 87.3 cm³/mol. The molecule has 0 amide bonds. The van der Waals surface area contributed by atoms with E-state index >= 15 is 0 Å². The summed E-state index contributed by atoms with van der Waals surface area (Å²) in [5.74, 6) is -0.550. The highest BCUT2D eigenvalue weighted by Crippen LogP contribution is 2.22. The van der Waals surface area contributed by atoms with Crippen LogP contribution in [-0.2, 0) is 14.6 Å². The molecule has 4 N–H and O–H groups in total. The Hall–Kier alpha value is -2.10. The third kappa shape index (κ3) is 4.21. The van der Waals surface area contributed by atoms with Gasteiger partial charge in [0.05, 0.1) is 5.75 Å². The number of rotatable bonds is 6. The molecule has 1 aromatic heterocycles. The van der Waals surface area contributed by atoms with Crippen molar-refractivity contribution in [3.8, 4) is 0 Å². The molecule has 2 rings (SSSR count). The minimum atomic E-state index is -3.63. The van der Waals surface area contributed by atoms with Crippen molar-refractivity contribution in [2.75, 3.05) is 41.3 Å². The monoisotopic (exact) mass is 343 g/mol. The molecule has 1 aliphatic heterocycles. The Kier molecular flexibility index (Phi) is 5.24. The largest absolute Gasteiger partial charge is 0.480 e. The SMILES string of the molecule is CCCCNc1cc(N2CCS(=O)(=O)C(C(=O)O)C2)nc(N)n1. The summed E-state index contributed by atoms with van der Waals surface area (Å²) in [5, 5.41) is 10.8. The maximum absolute atomic E-state index is 11.8. The first-order chi connectivity index (χ1) is 10.8. The molecule has 1 saturated heterocycles. The number of anilines is 3. The summed E-state index contributed by atoms with van der Waals surface area (Å²) in [6.45, 7) is 2.83. The van der Waals surface area contributed by atoms with Crippen LogP contribution in [0.1, 0.15) is 19.8 Å². The molecular weight excluding hydrogens is 322 g/mol. The summed E-state index contributed by atoms with van der Waals surface area (Å²) in [7, 11) is -3.63. The average molecular weight is 343 g/mol. The van der Waals surface area contributed by atoms with Crippen molar-refractivity contribution in [2.45, 2.75) is 25.0 Å². The van der Waals surface area contributed by atoms with Crippen LogP contribution in [0.2, 0.25) is 0 Å². The smallest absolute Gasteiger partial charge is 0.323 e. The molecule has 0 aromatic carbocycles. The Morgan fingerprint density at radius 1 is 1.52 bits per heavy atom. The van der Waals surface area contributed by atoms with Gasteiger partial charge < -0.3 is 21.1 Å². The van der Waals surface area contributed by atoms with Crippen LogP contribution in [0.25, 0.3) is 0 Å². The Morgan fingerprint density at radius 2 is 2.26 bits per heavy atom. The van der Waals surface area contributed by atoms with Gasteiger partial charge in [0.25, 0.3) is 0 Å². The van der Waals surface area contributed by atoms with E-state index in [9.17, 15) is 13.2 Å². The molecule has 1 aliphatic rings. The topological polar surface area (TPSA) is 139 Å². The van der Waals surface area contributed by atoms with Gasteiger partial charge in [-0.15, -0.1) is 0 Å². The lowest BCUT2D eigenvalue weighted by Gasteiger charge is -2.31. The fourth-order valence-electron chi connectivity index (χ4n) is 2.32. The van der Waals surface area contributed by atoms with Crippen molar-refractivity contribution in [2.24, 2.45) is 0 Å². The first-order valence-electron chi connectivity index (χ1n) is 7.41. The lowest BCUT2D eigenvalue weighted by atomic mass is 10.3. The third-order valence-corrected chi connectivity index (χ3v) is 5.60. The van der Waals surface area contributed by atoms with Gasteiger partial charge in [-0.25, -0.2) is 8.42 Å². The summed E-state index contributed by atoms with van der Waals surface area (Å²) >= 11 is 0. The zero-order valence-electron chi connectivity index (χ0n) is 12.9. The van der Waals surface area contributed by atoms with Gasteiger partial charge in [-0.3, -0.25) is 4.79 Å². The molecule has 9 nitrogen and oxygen atoms in total. The third-order valence-electron chi connectivity index (χ3n) is 3.63. The van der Waals surface area contributed by atoms with E-state index in [0.717, 1.165) is 19.4 Å². The molecule has 0 saturated carbocycles. The van der Waals surface area contributed by atoms with E-state index < -0.39 is 21.1 Å². The number of aliphatic carboxylic acids is 1. The number of nitrogens with one attached hydrogen (secondary N) is 1. The summed E-state index contributed by atoms with van der Waals surface area (Å²) in [5.41, 5.74) is 5.69. The van der Waals surface area contributed by atoms with E-state index in [4.69, 9.17) is 10.8 Å². The number of nitrogen functional groups attached to an aromatic ring is 1. The van der Waals surface area contributed by atoms with Crippen molar-refractivity contribution in [3.63, 3.8) is 0 Å². The first kappa shape index (κ1) is 17.3. The van der Waals surface area contributed by atoms with Crippen molar-refractivity contribution in [1.29, 1.82) is 0 Å². The summed E-state index contributed by atoms with van der Waals surface area (Å²) in [6, 6.07) is 1.66.